The van der Waals surface area contributed by atoms with Gasteiger partial charge >= 0.3 is 5.97 Å². The van der Waals surface area contributed by atoms with Crippen LogP contribution in [-0.2, 0) is 27.4 Å². The summed E-state index contributed by atoms with van der Waals surface area (Å²) in [6.07, 6.45) is 3.10. The van der Waals surface area contributed by atoms with E-state index in [0.717, 1.165) is 37.3 Å². The van der Waals surface area contributed by atoms with Gasteiger partial charge in [0.1, 0.15) is 5.76 Å². The zero-order valence-electron chi connectivity index (χ0n) is 16.4. The standard InChI is InChI=1S/C22H28N2O4/c1-2-27-22(26)19-10-12-23(13-11-19)17-21(25)24(16-20-9-6-14-28-20)15-18-7-4-3-5-8-18/h3-9,14,19H,2,10-13,15-17H2,1H3. The van der Waals surface area contributed by atoms with Gasteiger partial charge in [0.05, 0.1) is 31.9 Å². The number of rotatable bonds is 8. The second-order valence-electron chi connectivity index (χ2n) is 7.12. The molecular weight excluding hydrogens is 356 g/mol. The molecule has 150 valence electrons. The van der Waals surface area contributed by atoms with E-state index < -0.39 is 0 Å². The molecule has 6 nitrogen and oxygen atoms in total. The molecule has 0 bridgehead atoms. The molecule has 1 aromatic carbocycles. The van der Waals surface area contributed by atoms with Crippen LogP contribution >= 0.6 is 0 Å². The van der Waals surface area contributed by atoms with Crippen molar-refractivity contribution < 1.29 is 18.7 Å². The third kappa shape index (κ3) is 5.70. The third-order valence-electron chi connectivity index (χ3n) is 5.06. The minimum absolute atomic E-state index is 0.0464. The van der Waals surface area contributed by atoms with E-state index in [1.165, 1.54) is 0 Å². The van der Waals surface area contributed by atoms with Gasteiger partial charge < -0.3 is 14.1 Å². The maximum atomic E-state index is 13.0. The van der Waals surface area contributed by atoms with Gasteiger partial charge in [0.25, 0.3) is 0 Å². The van der Waals surface area contributed by atoms with Gasteiger partial charge in [-0.15, -0.1) is 0 Å². The summed E-state index contributed by atoms with van der Waals surface area (Å²) < 4.78 is 10.6. The van der Waals surface area contributed by atoms with E-state index in [4.69, 9.17) is 9.15 Å². The van der Waals surface area contributed by atoms with Gasteiger partial charge in [-0.3, -0.25) is 14.5 Å². The highest BCUT2D eigenvalue weighted by atomic mass is 16.5. The van der Waals surface area contributed by atoms with E-state index in [9.17, 15) is 9.59 Å². The van der Waals surface area contributed by atoms with Crippen LogP contribution in [0.1, 0.15) is 31.1 Å². The number of likely N-dealkylation sites (tertiary alicyclic amines) is 1. The maximum Gasteiger partial charge on any atom is 0.309 e. The van der Waals surface area contributed by atoms with E-state index in [1.54, 1.807) is 6.26 Å². The molecule has 28 heavy (non-hydrogen) atoms. The van der Waals surface area contributed by atoms with Crippen molar-refractivity contribution in [3.63, 3.8) is 0 Å². The molecule has 0 N–H and O–H groups in total. The zero-order chi connectivity index (χ0) is 19.8. The molecule has 1 fully saturated rings. The van der Waals surface area contributed by atoms with Gasteiger partial charge in [-0.2, -0.15) is 0 Å². The lowest BCUT2D eigenvalue weighted by atomic mass is 9.97. The Morgan fingerprint density at radius 3 is 2.50 bits per heavy atom. The molecule has 3 rings (SSSR count). The summed E-state index contributed by atoms with van der Waals surface area (Å²) in [5, 5.41) is 0. The van der Waals surface area contributed by atoms with E-state index in [1.807, 2.05) is 54.3 Å². The van der Waals surface area contributed by atoms with E-state index in [2.05, 4.69) is 4.90 Å². The first-order valence-electron chi connectivity index (χ1n) is 9.88. The second-order valence-corrected chi connectivity index (χ2v) is 7.12. The van der Waals surface area contributed by atoms with Crippen molar-refractivity contribution in [3.8, 4) is 0 Å². The fourth-order valence-corrected chi connectivity index (χ4v) is 3.50. The fourth-order valence-electron chi connectivity index (χ4n) is 3.50. The molecule has 0 unspecified atom stereocenters. The maximum absolute atomic E-state index is 13.0. The Bertz CT molecular complexity index is 737. The molecule has 1 aliphatic heterocycles. The number of hydrogen-bond donors (Lipinski definition) is 0. The number of piperidine rings is 1. The lowest BCUT2D eigenvalue weighted by Gasteiger charge is -2.32. The summed E-state index contributed by atoms with van der Waals surface area (Å²) in [6, 6.07) is 13.7. The fraction of sp³-hybridized carbons (Fsp3) is 0.455. The molecule has 0 radical (unpaired) electrons. The number of ether oxygens (including phenoxy) is 1. The molecule has 2 aromatic rings. The quantitative estimate of drug-likeness (QED) is 0.655. The topological polar surface area (TPSA) is 63.0 Å². The summed E-state index contributed by atoms with van der Waals surface area (Å²) in [7, 11) is 0. The number of nitrogens with zero attached hydrogens (tertiary/aromatic N) is 2. The van der Waals surface area contributed by atoms with Gasteiger partial charge in [0.2, 0.25) is 5.91 Å². The molecule has 6 heteroatoms. The number of carbonyl (C=O) groups is 2. The Morgan fingerprint density at radius 1 is 1.11 bits per heavy atom. The molecule has 0 spiro atoms. The van der Waals surface area contributed by atoms with E-state index >= 15 is 0 Å². The first-order chi connectivity index (χ1) is 13.7. The van der Waals surface area contributed by atoms with Gasteiger partial charge in [-0.05, 0) is 50.6 Å². The number of esters is 1. The minimum Gasteiger partial charge on any atom is -0.467 e. The first kappa shape index (κ1) is 20.1. The van der Waals surface area contributed by atoms with Crippen molar-refractivity contribution in [2.24, 2.45) is 5.92 Å². The summed E-state index contributed by atoms with van der Waals surface area (Å²) in [5.74, 6) is 0.673. The van der Waals surface area contributed by atoms with Gasteiger partial charge in [0, 0.05) is 6.54 Å². The van der Waals surface area contributed by atoms with Crippen molar-refractivity contribution in [2.75, 3.05) is 26.2 Å². The van der Waals surface area contributed by atoms with Crippen molar-refractivity contribution in [2.45, 2.75) is 32.9 Å². The number of furan rings is 1. The summed E-state index contributed by atoms with van der Waals surface area (Å²) in [4.78, 5) is 28.8. The minimum atomic E-state index is -0.114. The van der Waals surface area contributed by atoms with Crippen LogP contribution in [0.3, 0.4) is 0 Å². The average molecular weight is 384 g/mol. The van der Waals surface area contributed by atoms with Crippen LogP contribution in [0.5, 0.6) is 0 Å². The molecular formula is C22H28N2O4. The molecule has 1 amide bonds. The van der Waals surface area contributed by atoms with Crippen LogP contribution in [0, 0.1) is 5.92 Å². The molecule has 1 aliphatic rings. The van der Waals surface area contributed by atoms with Crippen LogP contribution < -0.4 is 0 Å². The molecule has 1 saturated heterocycles. The van der Waals surface area contributed by atoms with Gasteiger partial charge in [0.15, 0.2) is 0 Å². The summed E-state index contributed by atoms with van der Waals surface area (Å²) in [6.45, 7) is 5.04. The van der Waals surface area contributed by atoms with Gasteiger partial charge in [-0.1, -0.05) is 30.3 Å². The zero-order valence-corrected chi connectivity index (χ0v) is 16.4. The number of amides is 1. The van der Waals surface area contributed by atoms with Crippen LogP contribution in [0.25, 0.3) is 0 Å². The molecule has 0 atom stereocenters. The predicted molar refractivity (Wildman–Crippen MR) is 105 cm³/mol. The lowest BCUT2D eigenvalue weighted by Crippen LogP contribution is -2.44. The third-order valence-corrected chi connectivity index (χ3v) is 5.06. The largest absolute Gasteiger partial charge is 0.467 e. The highest BCUT2D eigenvalue weighted by Gasteiger charge is 2.28. The molecule has 0 aliphatic carbocycles. The summed E-state index contributed by atoms with van der Waals surface area (Å²) >= 11 is 0. The summed E-state index contributed by atoms with van der Waals surface area (Å²) in [5.41, 5.74) is 1.09. The van der Waals surface area contributed by atoms with Crippen molar-refractivity contribution in [1.29, 1.82) is 0 Å². The predicted octanol–water partition coefficient (Wildman–Crippen LogP) is 3.08. The molecule has 2 heterocycles. The Kier molecular flexibility index (Phi) is 7.25. The van der Waals surface area contributed by atoms with Crippen LogP contribution in [0.4, 0.5) is 0 Å². The second kappa shape index (κ2) is 10.1. The number of benzene rings is 1. The van der Waals surface area contributed by atoms with Crippen molar-refractivity contribution in [1.82, 2.24) is 9.80 Å². The SMILES string of the molecule is CCOC(=O)C1CCN(CC(=O)N(Cc2ccccc2)Cc2ccco2)CC1. The molecule has 0 saturated carbocycles. The normalized spacial score (nSPS) is 15.3. The van der Waals surface area contributed by atoms with Crippen LogP contribution in [0.15, 0.2) is 53.1 Å². The van der Waals surface area contributed by atoms with Crippen LogP contribution in [-0.4, -0.2) is 47.9 Å². The van der Waals surface area contributed by atoms with Crippen LogP contribution in [0.2, 0.25) is 0 Å². The number of hydrogen-bond acceptors (Lipinski definition) is 5. The number of carbonyl (C=O) groups excluding carboxylic acids is 2. The highest BCUT2D eigenvalue weighted by Crippen LogP contribution is 2.19. The first-order valence-corrected chi connectivity index (χ1v) is 9.88. The van der Waals surface area contributed by atoms with Gasteiger partial charge in [-0.25, -0.2) is 0 Å². The Morgan fingerprint density at radius 2 is 1.86 bits per heavy atom. The Labute approximate surface area is 166 Å². The smallest absolute Gasteiger partial charge is 0.309 e. The van der Waals surface area contributed by atoms with E-state index in [-0.39, 0.29) is 17.8 Å². The van der Waals surface area contributed by atoms with E-state index in [0.29, 0.717) is 26.2 Å². The van der Waals surface area contributed by atoms with Crippen molar-refractivity contribution >= 4 is 11.9 Å². The average Bonchev–Trinajstić information content (AvgIpc) is 3.22. The monoisotopic (exact) mass is 384 g/mol. The highest BCUT2D eigenvalue weighted by molar-refractivity contribution is 5.78. The molecule has 1 aromatic heterocycles. The Hall–Kier alpha value is -2.60. The van der Waals surface area contributed by atoms with Crippen molar-refractivity contribution in [3.05, 3.63) is 60.1 Å². The lowest BCUT2D eigenvalue weighted by molar-refractivity contribution is -0.149. The Balaban J connectivity index is 1.57.